The number of benzene rings is 2. The number of hydrogen-bond donors (Lipinski definition) is 3. The van der Waals surface area contributed by atoms with Gasteiger partial charge >= 0.3 is 11.9 Å². The molecule has 2 aromatic heterocycles. The van der Waals surface area contributed by atoms with Crippen molar-refractivity contribution >= 4 is 40.6 Å². The Bertz CT molecular complexity index is 1570. The molecule has 4 aromatic rings. The maximum absolute atomic E-state index is 11.7. The fourth-order valence-corrected chi connectivity index (χ4v) is 5.60. The molecule has 11 heteroatoms. The van der Waals surface area contributed by atoms with Crippen molar-refractivity contribution in [1.29, 1.82) is 0 Å². The Morgan fingerprint density at radius 2 is 1.59 bits per heavy atom. The van der Waals surface area contributed by atoms with Gasteiger partial charge in [-0.15, -0.1) is 0 Å². The largest absolute Gasteiger partial charge is 0.478 e. The summed E-state index contributed by atoms with van der Waals surface area (Å²) in [6.45, 7) is 3.05. The molecular weight excluding hydrogens is 544 g/mol. The SMILES string of the molecule is O=C(O)c1cc(C(=O)O)cc(-c2ccc([C@H]3[C@@H](c4ccccn4)NC(=S)N3c3ccc(N4CCOCC4)cc3)o2)c1. The Morgan fingerprint density at radius 1 is 0.902 bits per heavy atom. The van der Waals surface area contributed by atoms with E-state index in [9.17, 15) is 19.8 Å². The monoisotopic (exact) mass is 570 g/mol. The summed E-state index contributed by atoms with van der Waals surface area (Å²) in [6, 6.07) is 20.5. The van der Waals surface area contributed by atoms with Crippen LogP contribution < -0.4 is 15.1 Å². The Balaban J connectivity index is 1.39. The lowest BCUT2D eigenvalue weighted by molar-refractivity contribution is 0.0696. The van der Waals surface area contributed by atoms with Crippen molar-refractivity contribution in [2.45, 2.75) is 12.1 Å². The molecule has 2 saturated heterocycles. The first-order chi connectivity index (χ1) is 19.9. The smallest absolute Gasteiger partial charge is 0.335 e. The van der Waals surface area contributed by atoms with Gasteiger partial charge < -0.3 is 34.5 Å². The van der Waals surface area contributed by atoms with E-state index in [1.165, 1.54) is 12.1 Å². The number of carbonyl (C=O) groups is 2. The Kier molecular flexibility index (Phi) is 7.12. The minimum Gasteiger partial charge on any atom is -0.478 e. The highest BCUT2D eigenvalue weighted by Gasteiger charge is 2.42. The second-order valence-corrected chi connectivity index (χ2v) is 10.1. The minimum absolute atomic E-state index is 0.144. The number of carboxylic acids is 2. The standard InChI is InChI=1S/C30H26N4O6S/c35-28(36)19-15-18(16-20(17-19)29(37)38)24-8-9-25(40-24)27-26(23-3-1-2-10-31-23)32-30(41)34(27)22-6-4-21(5-7-22)33-11-13-39-14-12-33/h1-10,15-17,26-27H,11-14H2,(H,32,41)(H,35,36)(H,37,38)/t26-,27+/m1/s1. The highest BCUT2D eigenvalue weighted by molar-refractivity contribution is 7.80. The number of nitrogens with one attached hydrogen (secondary N) is 1. The Hall–Kier alpha value is -4.74. The molecule has 2 fully saturated rings. The number of rotatable bonds is 7. The van der Waals surface area contributed by atoms with Gasteiger partial charge in [-0.2, -0.15) is 0 Å². The highest BCUT2D eigenvalue weighted by atomic mass is 32.1. The average Bonchev–Trinajstić information content (AvgIpc) is 3.62. The van der Waals surface area contributed by atoms with Crippen LogP contribution >= 0.6 is 12.2 Å². The molecule has 0 aliphatic carbocycles. The first-order valence-corrected chi connectivity index (χ1v) is 13.4. The molecule has 0 saturated carbocycles. The van der Waals surface area contributed by atoms with Crippen LogP contribution in [0, 0.1) is 0 Å². The number of pyridine rings is 1. The fraction of sp³-hybridized carbons (Fsp3) is 0.200. The molecule has 2 atom stereocenters. The van der Waals surface area contributed by atoms with Crippen molar-refractivity contribution in [3.8, 4) is 11.3 Å². The highest BCUT2D eigenvalue weighted by Crippen LogP contribution is 2.43. The molecule has 0 amide bonds. The number of carboxylic acid groups (broad SMARTS) is 2. The zero-order valence-corrected chi connectivity index (χ0v) is 22.6. The van der Waals surface area contributed by atoms with E-state index in [2.05, 4.69) is 27.3 Å². The quantitative estimate of drug-likeness (QED) is 0.266. The fourth-order valence-electron chi connectivity index (χ4n) is 5.25. The molecule has 0 spiro atoms. The topological polar surface area (TPSA) is 128 Å². The molecule has 2 aromatic carbocycles. The van der Waals surface area contributed by atoms with E-state index >= 15 is 0 Å². The maximum atomic E-state index is 11.7. The normalized spacial score (nSPS) is 18.8. The third-order valence-corrected chi connectivity index (χ3v) is 7.55. The predicted molar refractivity (Wildman–Crippen MR) is 155 cm³/mol. The number of thiocarbonyl (C=S) groups is 1. The number of morpholine rings is 1. The first-order valence-electron chi connectivity index (χ1n) is 13.0. The Labute approximate surface area is 240 Å². The summed E-state index contributed by atoms with van der Waals surface area (Å²) in [5.74, 6) is -1.56. The molecule has 3 N–H and O–H groups in total. The van der Waals surface area contributed by atoms with Crippen LogP contribution in [-0.4, -0.2) is 58.6 Å². The van der Waals surface area contributed by atoms with E-state index in [-0.39, 0.29) is 17.2 Å². The molecular formula is C30H26N4O6S. The summed E-state index contributed by atoms with van der Waals surface area (Å²) in [5.41, 5.74) is 2.79. The van der Waals surface area contributed by atoms with Gasteiger partial charge in [-0.3, -0.25) is 4.98 Å². The summed E-state index contributed by atoms with van der Waals surface area (Å²) in [7, 11) is 0. The van der Waals surface area contributed by atoms with Crippen LogP contribution in [0.2, 0.25) is 0 Å². The summed E-state index contributed by atoms with van der Waals surface area (Å²) < 4.78 is 11.8. The summed E-state index contributed by atoms with van der Waals surface area (Å²) >= 11 is 5.81. The molecule has 0 bridgehead atoms. The van der Waals surface area contributed by atoms with Crippen molar-refractivity contribution in [2.24, 2.45) is 0 Å². The number of aromatic carboxylic acids is 2. The van der Waals surface area contributed by atoms with E-state index in [1.54, 1.807) is 18.3 Å². The number of furan rings is 1. The van der Waals surface area contributed by atoms with Gasteiger partial charge in [0.15, 0.2) is 5.11 Å². The van der Waals surface area contributed by atoms with E-state index in [1.807, 2.05) is 35.2 Å². The van der Waals surface area contributed by atoms with Crippen molar-refractivity contribution in [1.82, 2.24) is 10.3 Å². The van der Waals surface area contributed by atoms with Gasteiger partial charge in [-0.25, -0.2) is 9.59 Å². The van der Waals surface area contributed by atoms with E-state index < -0.39 is 18.0 Å². The number of aromatic nitrogens is 1. The molecule has 10 nitrogen and oxygen atoms in total. The van der Waals surface area contributed by atoms with E-state index in [0.717, 1.165) is 36.2 Å². The zero-order chi connectivity index (χ0) is 28.5. The third kappa shape index (κ3) is 5.24. The molecule has 41 heavy (non-hydrogen) atoms. The second kappa shape index (κ2) is 11.0. The van der Waals surface area contributed by atoms with Crippen molar-refractivity contribution in [2.75, 3.05) is 36.1 Å². The van der Waals surface area contributed by atoms with Crippen molar-refractivity contribution in [3.63, 3.8) is 0 Å². The van der Waals surface area contributed by atoms with E-state index in [0.29, 0.717) is 35.4 Å². The van der Waals surface area contributed by atoms with Crippen LogP contribution in [0.5, 0.6) is 0 Å². The third-order valence-electron chi connectivity index (χ3n) is 7.23. The van der Waals surface area contributed by atoms with Gasteiger partial charge in [0, 0.05) is 36.2 Å². The van der Waals surface area contributed by atoms with Gasteiger partial charge in [0.05, 0.1) is 36.1 Å². The summed E-state index contributed by atoms with van der Waals surface area (Å²) in [6.07, 6.45) is 1.72. The van der Waals surface area contributed by atoms with Gasteiger partial charge in [-0.1, -0.05) is 6.07 Å². The molecule has 4 heterocycles. The van der Waals surface area contributed by atoms with Crippen LogP contribution in [0.25, 0.3) is 11.3 Å². The number of anilines is 2. The van der Waals surface area contributed by atoms with Crippen LogP contribution in [0.1, 0.15) is 44.3 Å². The maximum Gasteiger partial charge on any atom is 0.335 e. The van der Waals surface area contributed by atoms with Gasteiger partial charge in [0.1, 0.15) is 17.6 Å². The molecule has 0 unspecified atom stereocenters. The van der Waals surface area contributed by atoms with Crippen LogP contribution in [0.15, 0.2) is 83.4 Å². The van der Waals surface area contributed by atoms with Gasteiger partial charge in [0.2, 0.25) is 0 Å². The molecule has 208 valence electrons. The predicted octanol–water partition coefficient (Wildman–Crippen LogP) is 4.75. The second-order valence-electron chi connectivity index (χ2n) is 9.72. The van der Waals surface area contributed by atoms with E-state index in [4.69, 9.17) is 21.4 Å². The summed E-state index contributed by atoms with van der Waals surface area (Å²) in [5, 5.41) is 22.9. The molecule has 6 rings (SSSR count). The molecule has 2 aliphatic rings. The lowest BCUT2D eigenvalue weighted by Crippen LogP contribution is -2.36. The molecule has 2 aliphatic heterocycles. The number of ether oxygens (including phenoxy) is 1. The lowest BCUT2D eigenvalue weighted by Gasteiger charge is -2.30. The average molecular weight is 571 g/mol. The first kappa shape index (κ1) is 26.5. The van der Waals surface area contributed by atoms with Crippen LogP contribution in [0.3, 0.4) is 0 Å². The molecule has 0 radical (unpaired) electrons. The zero-order valence-electron chi connectivity index (χ0n) is 21.8. The number of nitrogens with zero attached hydrogens (tertiary/aromatic N) is 3. The van der Waals surface area contributed by atoms with Gasteiger partial charge in [-0.05, 0) is 78.9 Å². The van der Waals surface area contributed by atoms with Crippen molar-refractivity contribution in [3.05, 3.63) is 102 Å². The Morgan fingerprint density at radius 3 is 2.22 bits per heavy atom. The van der Waals surface area contributed by atoms with Gasteiger partial charge in [0.25, 0.3) is 0 Å². The van der Waals surface area contributed by atoms with Crippen molar-refractivity contribution < 1.29 is 29.0 Å². The lowest BCUT2D eigenvalue weighted by atomic mass is 10.0. The number of hydrogen-bond acceptors (Lipinski definition) is 7. The minimum atomic E-state index is -1.23. The summed E-state index contributed by atoms with van der Waals surface area (Å²) in [4.78, 5) is 32.2. The van der Waals surface area contributed by atoms with Crippen LogP contribution in [0.4, 0.5) is 11.4 Å². The van der Waals surface area contributed by atoms with Crippen LogP contribution in [-0.2, 0) is 4.74 Å².